The molecule has 0 saturated carbocycles. The summed E-state index contributed by atoms with van der Waals surface area (Å²) in [6.07, 6.45) is 0. The molecule has 2 heterocycles. The van der Waals surface area contributed by atoms with Crippen LogP contribution in [0.15, 0.2) is 0 Å². The highest BCUT2D eigenvalue weighted by Crippen LogP contribution is 2.43. The Bertz CT molecular complexity index is 324. The third kappa shape index (κ3) is 1.71. The molecule has 4 nitrogen and oxygen atoms in total. The number of hydrogen-bond acceptors (Lipinski definition) is 3. The van der Waals surface area contributed by atoms with Crippen LogP contribution in [0, 0.1) is 5.92 Å². The first-order valence-corrected chi connectivity index (χ1v) is 6.66. The highest BCUT2D eigenvalue weighted by atomic mass is 32.2. The van der Waals surface area contributed by atoms with Gasteiger partial charge in [0.1, 0.15) is 4.87 Å². The van der Waals surface area contributed by atoms with Crippen molar-refractivity contribution in [2.75, 3.05) is 25.4 Å². The molecule has 5 heteroatoms. The van der Waals surface area contributed by atoms with Gasteiger partial charge in [-0.25, -0.2) is 0 Å². The second kappa shape index (κ2) is 3.95. The van der Waals surface area contributed by atoms with E-state index in [1.807, 2.05) is 35.4 Å². The molecular weight excluding hydrogens is 224 g/mol. The van der Waals surface area contributed by atoms with Crippen molar-refractivity contribution in [1.29, 1.82) is 0 Å². The Morgan fingerprint density at radius 3 is 2.44 bits per heavy atom. The molecule has 2 amide bonds. The van der Waals surface area contributed by atoms with Crippen molar-refractivity contribution in [3.63, 3.8) is 0 Å². The van der Waals surface area contributed by atoms with E-state index in [0.29, 0.717) is 13.1 Å². The zero-order valence-electron chi connectivity index (χ0n) is 10.0. The molecule has 0 aromatic heterocycles. The van der Waals surface area contributed by atoms with E-state index in [0.717, 1.165) is 12.3 Å². The molecule has 16 heavy (non-hydrogen) atoms. The molecule has 0 bridgehead atoms. The fourth-order valence-corrected chi connectivity index (χ4v) is 3.91. The van der Waals surface area contributed by atoms with Gasteiger partial charge in [0.25, 0.3) is 0 Å². The third-order valence-corrected chi connectivity index (χ3v) is 4.64. The van der Waals surface area contributed by atoms with Crippen LogP contribution in [0.4, 0.5) is 0 Å². The predicted molar refractivity (Wildman–Crippen MR) is 64.0 cm³/mol. The lowest BCUT2D eigenvalue weighted by atomic mass is 10.0. The van der Waals surface area contributed by atoms with Gasteiger partial charge in [0, 0.05) is 25.1 Å². The Kier molecular flexibility index (Phi) is 2.90. The maximum absolute atomic E-state index is 11.8. The van der Waals surface area contributed by atoms with Gasteiger partial charge in [-0.3, -0.25) is 9.59 Å². The molecule has 90 valence electrons. The largest absolute Gasteiger partial charge is 0.336 e. The lowest BCUT2D eigenvalue weighted by molar-refractivity contribution is -0.149. The molecule has 2 rings (SSSR count). The lowest BCUT2D eigenvalue weighted by Crippen LogP contribution is -2.68. The maximum Gasteiger partial charge on any atom is 0.225 e. The second-order valence-corrected chi connectivity index (χ2v) is 6.27. The summed E-state index contributed by atoms with van der Waals surface area (Å²) >= 11 is 1.81. The Hall–Kier alpha value is -0.710. The number of nitrogens with zero attached hydrogens (tertiary/aromatic N) is 2. The molecule has 0 radical (unpaired) electrons. The minimum absolute atomic E-state index is 0.0505. The second-order valence-electron chi connectivity index (χ2n) is 4.81. The average molecular weight is 242 g/mol. The van der Waals surface area contributed by atoms with Crippen LogP contribution >= 0.6 is 11.8 Å². The van der Waals surface area contributed by atoms with Gasteiger partial charge in [0.2, 0.25) is 11.8 Å². The van der Waals surface area contributed by atoms with E-state index >= 15 is 0 Å². The number of thioether (sulfide) groups is 1. The minimum atomic E-state index is -0.101. The summed E-state index contributed by atoms with van der Waals surface area (Å²) in [5.41, 5.74) is 0. The summed E-state index contributed by atoms with van der Waals surface area (Å²) < 4.78 is 0. The summed E-state index contributed by atoms with van der Waals surface area (Å²) in [6, 6.07) is 0. The third-order valence-electron chi connectivity index (χ3n) is 3.24. The molecule has 0 unspecified atom stereocenters. The standard InChI is InChI=1S/C11H18N2O2S/c1-8(2)10(15)12-6-11(7-12)13(9(3)14)4-5-16-11/h8H,4-7H2,1-3H3. The number of likely N-dealkylation sites (tertiary alicyclic amines) is 1. The summed E-state index contributed by atoms with van der Waals surface area (Å²) in [5, 5.41) is 0. The normalized spacial score (nSPS) is 22.8. The van der Waals surface area contributed by atoms with E-state index in [-0.39, 0.29) is 22.6 Å². The number of hydrogen-bond donors (Lipinski definition) is 0. The summed E-state index contributed by atoms with van der Waals surface area (Å²) in [6.45, 7) is 7.67. The van der Waals surface area contributed by atoms with Gasteiger partial charge in [0.05, 0.1) is 13.1 Å². The maximum atomic E-state index is 11.8. The van der Waals surface area contributed by atoms with Gasteiger partial charge in [0.15, 0.2) is 0 Å². The molecule has 1 spiro atoms. The fourth-order valence-electron chi connectivity index (χ4n) is 2.39. The van der Waals surface area contributed by atoms with Crippen molar-refractivity contribution >= 4 is 23.6 Å². The van der Waals surface area contributed by atoms with Crippen LogP contribution < -0.4 is 0 Å². The Labute approximate surface area is 100 Å². The smallest absolute Gasteiger partial charge is 0.225 e. The van der Waals surface area contributed by atoms with Crippen molar-refractivity contribution in [2.24, 2.45) is 5.92 Å². The van der Waals surface area contributed by atoms with Crippen LogP contribution in [0.3, 0.4) is 0 Å². The molecule has 0 aromatic carbocycles. The van der Waals surface area contributed by atoms with E-state index < -0.39 is 0 Å². The summed E-state index contributed by atoms with van der Waals surface area (Å²) in [4.78, 5) is 26.9. The molecule has 0 aliphatic carbocycles. The fraction of sp³-hybridized carbons (Fsp3) is 0.818. The number of carbonyl (C=O) groups excluding carboxylic acids is 2. The molecule has 0 N–H and O–H groups in total. The van der Waals surface area contributed by atoms with Crippen LogP contribution in [-0.2, 0) is 9.59 Å². The SMILES string of the molecule is CC(=O)N1CCSC12CN(C(=O)C(C)C)C2. The Morgan fingerprint density at radius 1 is 1.31 bits per heavy atom. The first-order valence-electron chi connectivity index (χ1n) is 5.67. The summed E-state index contributed by atoms with van der Waals surface area (Å²) in [5.74, 6) is 1.36. The van der Waals surface area contributed by atoms with Crippen molar-refractivity contribution in [1.82, 2.24) is 9.80 Å². The van der Waals surface area contributed by atoms with Crippen LogP contribution in [0.25, 0.3) is 0 Å². The highest BCUT2D eigenvalue weighted by molar-refractivity contribution is 8.01. The number of carbonyl (C=O) groups is 2. The van der Waals surface area contributed by atoms with E-state index in [1.165, 1.54) is 0 Å². The van der Waals surface area contributed by atoms with Crippen molar-refractivity contribution < 1.29 is 9.59 Å². The molecule has 2 aliphatic heterocycles. The van der Waals surface area contributed by atoms with Gasteiger partial charge in [-0.05, 0) is 0 Å². The number of amides is 2. The Morgan fingerprint density at radius 2 is 1.94 bits per heavy atom. The van der Waals surface area contributed by atoms with Gasteiger partial charge in [-0.1, -0.05) is 13.8 Å². The molecule has 2 aliphatic rings. The van der Waals surface area contributed by atoms with Crippen molar-refractivity contribution in [3.05, 3.63) is 0 Å². The van der Waals surface area contributed by atoms with Crippen molar-refractivity contribution in [3.8, 4) is 0 Å². The Balaban J connectivity index is 2.00. The zero-order valence-corrected chi connectivity index (χ0v) is 10.8. The first-order chi connectivity index (χ1) is 7.46. The molecule has 2 saturated heterocycles. The molecule has 0 atom stereocenters. The van der Waals surface area contributed by atoms with Crippen molar-refractivity contribution in [2.45, 2.75) is 25.6 Å². The quantitative estimate of drug-likeness (QED) is 0.682. The molecule has 0 aromatic rings. The average Bonchev–Trinajstić information content (AvgIpc) is 2.57. The summed E-state index contributed by atoms with van der Waals surface area (Å²) in [7, 11) is 0. The van der Waals surface area contributed by atoms with Crippen LogP contribution in [0.1, 0.15) is 20.8 Å². The minimum Gasteiger partial charge on any atom is -0.336 e. The molecular formula is C11H18N2O2S. The van der Waals surface area contributed by atoms with Gasteiger partial charge in [-0.2, -0.15) is 0 Å². The van der Waals surface area contributed by atoms with E-state index in [2.05, 4.69) is 0 Å². The van der Waals surface area contributed by atoms with E-state index in [9.17, 15) is 9.59 Å². The monoisotopic (exact) mass is 242 g/mol. The first kappa shape index (κ1) is 11.8. The van der Waals surface area contributed by atoms with Gasteiger partial charge in [-0.15, -0.1) is 11.8 Å². The van der Waals surface area contributed by atoms with Gasteiger partial charge < -0.3 is 9.80 Å². The van der Waals surface area contributed by atoms with E-state index in [1.54, 1.807) is 6.92 Å². The highest BCUT2D eigenvalue weighted by Gasteiger charge is 2.53. The number of rotatable bonds is 1. The zero-order chi connectivity index (χ0) is 11.9. The van der Waals surface area contributed by atoms with Gasteiger partial charge >= 0.3 is 0 Å². The van der Waals surface area contributed by atoms with Crippen LogP contribution in [0.2, 0.25) is 0 Å². The van der Waals surface area contributed by atoms with E-state index in [4.69, 9.17) is 0 Å². The topological polar surface area (TPSA) is 40.6 Å². The molecule has 2 fully saturated rings. The van der Waals surface area contributed by atoms with Crippen LogP contribution in [-0.4, -0.2) is 51.9 Å². The van der Waals surface area contributed by atoms with Crippen LogP contribution in [0.5, 0.6) is 0 Å². The predicted octanol–water partition coefficient (Wildman–Crippen LogP) is 0.776. The lowest BCUT2D eigenvalue weighted by Gasteiger charge is -2.51.